The Morgan fingerprint density at radius 3 is 2.78 bits per heavy atom. The molecule has 3 heterocycles. The van der Waals surface area contributed by atoms with E-state index in [4.69, 9.17) is 22.7 Å². The van der Waals surface area contributed by atoms with Crippen LogP contribution in [0.2, 0.25) is 5.02 Å². The number of benzene rings is 2. The number of nitrogens with two attached hydrogens (primary N) is 1. The number of anilines is 3. The van der Waals surface area contributed by atoms with E-state index < -0.39 is 11.9 Å². The molecule has 10 heteroatoms. The third-order valence-corrected chi connectivity index (χ3v) is 7.32. The lowest BCUT2D eigenvalue weighted by Crippen LogP contribution is -2.62. The van der Waals surface area contributed by atoms with E-state index in [-0.39, 0.29) is 34.5 Å². The quantitative estimate of drug-likeness (QED) is 0.319. The van der Waals surface area contributed by atoms with Crippen molar-refractivity contribution >= 4 is 57.6 Å². The number of aromatic nitrogens is 1. The van der Waals surface area contributed by atoms with Crippen molar-refractivity contribution in [3.05, 3.63) is 59.0 Å². The maximum atomic E-state index is 16.2. The van der Waals surface area contributed by atoms with Gasteiger partial charge in [0.15, 0.2) is 5.82 Å². The molecule has 0 spiro atoms. The number of piperazine rings is 1. The van der Waals surface area contributed by atoms with E-state index in [9.17, 15) is 9.59 Å². The molecule has 2 amide bonds. The van der Waals surface area contributed by atoms with Crippen molar-refractivity contribution in [1.29, 1.82) is 5.41 Å². The molecule has 2 aromatic carbocycles. The minimum atomic E-state index is -0.632. The summed E-state index contributed by atoms with van der Waals surface area (Å²) in [6.45, 7) is 6.30. The number of nitrogens with one attached hydrogen (secondary N) is 1. The summed E-state index contributed by atoms with van der Waals surface area (Å²) in [7, 11) is 1.64. The Bertz CT molecular complexity index is 1490. The lowest BCUT2D eigenvalue weighted by atomic mass is 9.92. The first-order valence-corrected chi connectivity index (χ1v) is 11.7. The van der Waals surface area contributed by atoms with Gasteiger partial charge in [0.1, 0.15) is 11.6 Å². The molecule has 5 rings (SSSR count). The summed E-state index contributed by atoms with van der Waals surface area (Å²) in [5.74, 6) is -1.05. The average molecular weight is 507 g/mol. The largest absolute Gasteiger partial charge is 0.398 e. The van der Waals surface area contributed by atoms with E-state index in [1.165, 1.54) is 17.2 Å². The number of hydrogen-bond acceptors (Lipinski definition) is 6. The van der Waals surface area contributed by atoms with Crippen LogP contribution in [0.3, 0.4) is 0 Å². The standard InChI is InChI=1S/C26H24ClFN6O2/c1-4-20(35)33-7-8-34-19(12-33)26(36)32(3)18-11-31-24-14(25(18)34)9-16(27)22(23(24)28)21-13(2)5-6-17(30)15(21)10-29/h4-6,9-11,19,29H,1,7-8,12,30H2,2-3H3/t19-/m1/s1. The lowest BCUT2D eigenvalue weighted by Gasteiger charge is -2.47. The summed E-state index contributed by atoms with van der Waals surface area (Å²) in [6, 6.07) is 4.45. The molecule has 1 saturated heterocycles. The Morgan fingerprint density at radius 1 is 1.33 bits per heavy atom. The number of carbonyl (C=O) groups excluding carboxylic acids is 2. The van der Waals surface area contributed by atoms with Crippen LogP contribution in [0.15, 0.2) is 37.1 Å². The van der Waals surface area contributed by atoms with Crippen molar-refractivity contribution < 1.29 is 14.0 Å². The van der Waals surface area contributed by atoms with E-state index in [0.717, 1.165) is 6.21 Å². The highest BCUT2D eigenvalue weighted by molar-refractivity contribution is 6.35. The molecule has 1 aromatic heterocycles. The monoisotopic (exact) mass is 506 g/mol. The third kappa shape index (κ3) is 3.34. The van der Waals surface area contributed by atoms with Gasteiger partial charge in [0.05, 0.1) is 29.1 Å². The molecule has 0 aliphatic carbocycles. The number of hydrogen-bond donors (Lipinski definition) is 2. The van der Waals surface area contributed by atoms with Crippen molar-refractivity contribution in [2.45, 2.75) is 13.0 Å². The molecule has 0 saturated carbocycles. The highest BCUT2D eigenvalue weighted by Crippen LogP contribution is 2.46. The van der Waals surface area contributed by atoms with Gasteiger partial charge in [0.2, 0.25) is 5.91 Å². The number of rotatable bonds is 3. The first kappa shape index (κ1) is 23.7. The molecule has 36 heavy (non-hydrogen) atoms. The molecule has 184 valence electrons. The molecular formula is C26H24ClFN6O2. The fraction of sp³-hybridized carbons (Fsp3) is 0.231. The van der Waals surface area contributed by atoms with E-state index in [1.807, 2.05) is 4.90 Å². The van der Waals surface area contributed by atoms with Gasteiger partial charge in [-0.3, -0.25) is 14.6 Å². The number of pyridine rings is 1. The van der Waals surface area contributed by atoms with Crippen molar-refractivity contribution in [2.75, 3.05) is 42.2 Å². The highest BCUT2D eigenvalue weighted by atomic mass is 35.5. The normalized spacial score (nSPS) is 17.2. The molecule has 3 N–H and O–H groups in total. The van der Waals surface area contributed by atoms with Crippen LogP contribution >= 0.6 is 11.6 Å². The summed E-state index contributed by atoms with van der Waals surface area (Å²) in [5, 5.41) is 8.44. The summed E-state index contributed by atoms with van der Waals surface area (Å²) < 4.78 is 16.2. The molecule has 0 unspecified atom stereocenters. The third-order valence-electron chi connectivity index (χ3n) is 7.02. The van der Waals surface area contributed by atoms with Crippen LogP contribution in [0, 0.1) is 18.2 Å². The molecule has 1 atom stereocenters. The van der Waals surface area contributed by atoms with Gasteiger partial charge >= 0.3 is 0 Å². The van der Waals surface area contributed by atoms with Gasteiger partial charge in [-0.15, -0.1) is 0 Å². The topological polar surface area (TPSA) is 107 Å². The Kier molecular flexibility index (Phi) is 5.67. The SMILES string of the molecule is C=CC(=O)N1CCN2c3c(cnc4c(F)c(-c5c(C)ccc(N)c5C=N)c(Cl)cc34)N(C)C(=O)[C@H]2C1. The van der Waals surface area contributed by atoms with Gasteiger partial charge in [-0.1, -0.05) is 24.2 Å². The number of nitrogens with zero attached hydrogens (tertiary/aromatic N) is 4. The molecule has 2 aliphatic rings. The highest BCUT2D eigenvalue weighted by Gasteiger charge is 2.42. The summed E-state index contributed by atoms with van der Waals surface area (Å²) >= 11 is 6.72. The maximum Gasteiger partial charge on any atom is 0.251 e. The van der Waals surface area contributed by atoms with Gasteiger partial charge in [-0.2, -0.15) is 0 Å². The molecule has 2 aliphatic heterocycles. The number of likely N-dealkylation sites (N-methyl/N-ethyl adjacent to an activating group) is 1. The average Bonchev–Trinajstić information content (AvgIpc) is 2.87. The molecule has 0 radical (unpaired) electrons. The Morgan fingerprint density at radius 2 is 2.08 bits per heavy atom. The minimum absolute atomic E-state index is 0.0944. The molecule has 3 aromatic rings. The maximum absolute atomic E-state index is 16.2. The first-order valence-electron chi connectivity index (χ1n) is 11.4. The Balaban J connectivity index is 1.74. The molecule has 0 bridgehead atoms. The van der Waals surface area contributed by atoms with Crippen LogP contribution in [-0.2, 0) is 9.59 Å². The predicted molar refractivity (Wildman–Crippen MR) is 141 cm³/mol. The molecule has 8 nitrogen and oxygen atoms in total. The van der Waals surface area contributed by atoms with Crippen LogP contribution in [0.5, 0.6) is 0 Å². The van der Waals surface area contributed by atoms with Crippen LogP contribution in [0.25, 0.3) is 22.0 Å². The second kappa shape index (κ2) is 8.60. The zero-order valence-electron chi connectivity index (χ0n) is 19.8. The zero-order valence-corrected chi connectivity index (χ0v) is 20.6. The predicted octanol–water partition coefficient (Wildman–Crippen LogP) is 3.76. The van der Waals surface area contributed by atoms with Gasteiger partial charge in [0.25, 0.3) is 5.91 Å². The van der Waals surface area contributed by atoms with Crippen LogP contribution < -0.4 is 15.5 Å². The van der Waals surface area contributed by atoms with E-state index in [1.54, 1.807) is 37.1 Å². The number of aryl methyl sites for hydroxylation is 1. The van der Waals surface area contributed by atoms with Crippen LogP contribution in [0.1, 0.15) is 11.1 Å². The number of halogens is 2. The summed E-state index contributed by atoms with van der Waals surface area (Å²) in [6.07, 6.45) is 3.81. The van der Waals surface area contributed by atoms with E-state index in [0.29, 0.717) is 52.2 Å². The molecular weight excluding hydrogens is 483 g/mol. The number of nitrogen functional groups attached to an aromatic ring is 1. The van der Waals surface area contributed by atoms with Gasteiger partial charge in [0, 0.05) is 48.6 Å². The number of fused-ring (bicyclic) bond motifs is 5. The van der Waals surface area contributed by atoms with Gasteiger partial charge in [-0.05, 0) is 36.3 Å². The second-order valence-electron chi connectivity index (χ2n) is 8.94. The Labute approximate surface area is 212 Å². The van der Waals surface area contributed by atoms with Gasteiger partial charge < -0.3 is 25.8 Å². The first-order chi connectivity index (χ1) is 17.2. The number of carbonyl (C=O) groups is 2. The van der Waals surface area contributed by atoms with Gasteiger partial charge in [-0.25, -0.2) is 4.39 Å². The smallest absolute Gasteiger partial charge is 0.251 e. The second-order valence-corrected chi connectivity index (χ2v) is 9.34. The molecule has 1 fully saturated rings. The lowest BCUT2D eigenvalue weighted by molar-refractivity contribution is -0.128. The Hall–Kier alpha value is -3.98. The van der Waals surface area contributed by atoms with E-state index >= 15 is 4.39 Å². The summed E-state index contributed by atoms with van der Waals surface area (Å²) in [5.41, 5.74) is 9.35. The van der Waals surface area contributed by atoms with Crippen molar-refractivity contribution in [3.63, 3.8) is 0 Å². The fourth-order valence-electron chi connectivity index (χ4n) is 5.18. The number of amides is 2. The summed E-state index contributed by atoms with van der Waals surface area (Å²) in [4.78, 5) is 34.8. The minimum Gasteiger partial charge on any atom is -0.398 e. The van der Waals surface area contributed by atoms with E-state index in [2.05, 4.69) is 11.6 Å². The van der Waals surface area contributed by atoms with Crippen molar-refractivity contribution in [3.8, 4) is 11.1 Å². The van der Waals surface area contributed by atoms with Crippen molar-refractivity contribution in [2.24, 2.45) is 0 Å². The van der Waals surface area contributed by atoms with Crippen LogP contribution in [0.4, 0.5) is 21.5 Å². The van der Waals surface area contributed by atoms with Crippen molar-refractivity contribution in [1.82, 2.24) is 9.88 Å². The fourth-order valence-corrected chi connectivity index (χ4v) is 5.47. The van der Waals surface area contributed by atoms with Crippen LogP contribution in [-0.4, -0.2) is 60.6 Å². The zero-order chi connectivity index (χ0) is 25.9.